The maximum Gasteiger partial charge on any atom is 0.336 e. The van der Waals surface area contributed by atoms with Gasteiger partial charge in [0.25, 0.3) is 0 Å². The van der Waals surface area contributed by atoms with Crippen molar-refractivity contribution in [2.45, 2.75) is 18.2 Å². The maximum atomic E-state index is 12.8. The molecule has 0 saturated carbocycles. The van der Waals surface area contributed by atoms with E-state index in [1.54, 1.807) is 48.5 Å². The number of carbonyl (C=O) groups is 2. The lowest BCUT2D eigenvalue weighted by Crippen LogP contribution is -2.48. The van der Waals surface area contributed by atoms with E-state index in [0.717, 1.165) is 0 Å². The van der Waals surface area contributed by atoms with E-state index < -0.39 is 10.3 Å². The number of alkyl halides is 1. The number of halogens is 1. The fraction of sp³-hybridized carbons (Fsp3) is 0.222. The molecule has 0 heterocycles. The minimum absolute atomic E-state index is 0.267. The number of para-hydroxylation sites is 1. The van der Waals surface area contributed by atoms with Crippen LogP contribution in [0.4, 0.5) is 0 Å². The van der Waals surface area contributed by atoms with Gasteiger partial charge in [0, 0.05) is 5.56 Å². The quantitative estimate of drug-likeness (QED) is 0.263. The molecule has 0 bridgehead atoms. The highest BCUT2D eigenvalue weighted by Crippen LogP contribution is 2.33. The van der Waals surface area contributed by atoms with E-state index in [2.05, 4.69) is 15.9 Å². The van der Waals surface area contributed by atoms with Gasteiger partial charge in [-0.1, -0.05) is 78.3 Å². The van der Waals surface area contributed by atoms with Crippen LogP contribution in [0.2, 0.25) is 0 Å². The molecule has 0 aromatic heterocycles. The SMILES string of the molecule is CC(C)C(Br)(C(=O)Oc1ccccc1)C(=O)c1ccccc1. The largest absolute Gasteiger partial charge is 0.425 e. The van der Waals surface area contributed by atoms with Crippen molar-refractivity contribution in [1.82, 2.24) is 0 Å². The van der Waals surface area contributed by atoms with Crippen LogP contribution in [0.3, 0.4) is 0 Å². The standard InChI is InChI=1S/C18H17BrO3/c1-13(2)18(19,16(20)14-9-5-3-6-10-14)17(21)22-15-11-7-4-8-12-15/h3-13H,1-2H3. The Balaban J connectivity index is 2.32. The molecule has 0 amide bonds. The summed E-state index contributed by atoms with van der Waals surface area (Å²) in [5, 5.41) is 0. The Kier molecular flexibility index (Phi) is 5.14. The zero-order chi connectivity index (χ0) is 16.2. The summed E-state index contributed by atoms with van der Waals surface area (Å²) >= 11 is 3.35. The Labute approximate surface area is 138 Å². The summed E-state index contributed by atoms with van der Waals surface area (Å²) in [6, 6.07) is 17.5. The Morgan fingerprint density at radius 1 is 0.955 bits per heavy atom. The molecular formula is C18H17BrO3. The second-order valence-corrected chi connectivity index (χ2v) is 6.52. The summed E-state index contributed by atoms with van der Waals surface area (Å²) in [7, 11) is 0. The summed E-state index contributed by atoms with van der Waals surface area (Å²) in [5.41, 5.74) is 0.470. The lowest BCUT2D eigenvalue weighted by Gasteiger charge is -2.27. The van der Waals surface area contributed by atoms with E-state index in [1.807, 2.05) is 26.0 Å². The molecule has 0 saturated heterocycles. The highest BCUT2D eigenvalue weighted by Gasteiger charge is 2.48. The van der Waals surface area contributed by atoms with Crippen molar-refractivity contribution in [1.29, 1.82) is 0 Å². The predicted molar refractivity (Wildman–Crippen MR) is 89.3 cm³/mol. The van der Waals surface area contributed by atoms with Gasteiger partial charge in [-0.05, 0) is 18.1 Å². The number of hydrogen-bond acceptors (Lipinski definition) is 3. The summed E-state index contributed by atoms with van der Waals surface area (Å²) in [5.74, 6) is -0.763. The fourth-order valence-corrected chi connectivity index (χ4v) is 2.37. The first-order valence-electron chi connectivity index (χ1n) is 7.02. The average molecular weight is 361 g/mol. The first-order chi connectivity index (χ1) is 10.5. The molecule has 3 nitrogen and oxygen atoms in total. The number of hydrogen-bond donors (Lipinski definition) is 0. The third kappa shape index (κ3) is 3.28. The fourth-order valence-electron chi connectivity index (χ4n) is 2.06. The minimum atomic E-state index is -1.41. The number of carbonyl (C=O) groups excluding carboxylic acids is 2. The topological polar surface area (TPSA) is 43.4 Å². The van der Waals surface area contributed by atoms with Crippen LogP contribution in [0.25, 0.3) is 0 Å². The van der Waals surface area contributed by atoms with Crippen LogP contribution in [0.15, 0.2) is 60.7 Å². The lowest BCUT2D eigenvalue weighted by atomic mass is 9.87. The normalized spacial score (nSPS) is 13.5. The molecular weight excluding hydrogens is 344 g/mol. The molecule has 0 spiro atoms. The highest BCUT2D eigenvalue weighted by atomic mass is 79.9. The molecule has 22 heavy (non-hydrogen) atoms. The van der Waals surface area contributed by atoms with Crippen LogP contribution in [-0.4, -0.2) is 16.1 Å². The Morgan fingerprint density at radius 3 is 1.95 bits per heavy atom. The maximum absolute atomic E-state index is 12.8. The summed E-state index contributed by atoms with van der Waals surface area (Å²) in [6.07, 6.45) is 0. The number of ketones is 1. The molecule has 2 aromatic carbocycles. The van der Waals surface area contributed by atoms with Crippen molar-refractivity contribution in [3.63, 3.8) is 0 Å². The predicted octanol–water partition coefficient (Wildman–Crippen LogP) is 4.26. The molecule has 1 unspecified atom stereocenters. The van der Waals surface area contributed by atoms with Gasteiger partial charge >= 0.3 is 5.97 Å². The van der Waals surface area contributed by atoms with E-state index in [0.29, 0.717) is 11.3 Å². The van der Waals surface area contributed by atoms with Crippen LogP contribution >= 0.6 is 15.9 Å². The van der Waals surface area contributed by atoms with Crippen LogP contribution < -0.4 is 4.74 Å². The van der Waals surface area contributed by atoms with Crippen molar-refractivity contribution < 1.29 is 14.3 Å². The Morgan fingerprint density at radius 2 is 1.45 bits per heavy atom. The number of rotatable bonds is 5. The van der Waals surface area contributed by atoms with Gasteiger partial charge in [-0.25, -0.2) is 4.79 Å². The van der Waals surface area contributed by atoms with E-state index in [4.69, 9.17) is 4.74 Å². The molecule has 0 fully saturated rings. The van der Waals surface area contributed by atoms with E-state index >= 15 is 0 Å². The Bertz CT molecular complexity index is 653. The van der Waals surface area contributed by atoms with Gasteiger partial charge in [0.2, 0.25) is 0 Å². The smallest absolute Gasteiger partial charge is 0.336 e. The lowest BCUT2D eigenvalue weighted by molar-refractivity contribution is -0.136. The molecule has 114 valence electrons. The van der Waals surface area contributed by atoms with Crippen LogP contribution in [0, 0.1) is 5.92 Å². The first-order valence-corrected chi connectivity index (χ1v) is 7.81. The van der Waals surface area contributed by atoms with Gasteiger partial charge in [0.1, 0.15) is 5.75 Å². The molecule has 0 aliphatic rings. The molecule has 0 aliphatic heterocycles. The number of ether oxygens (including phenoxy) is 1. The first kappa shape index (κ1) is 16.4. The highest BCUT2D eigenvalue weighted by molar-refractivity contribution is 9.10. The van der Waals surface area contributed by atoms with Crippen molar-refractivity contribution in [3.05, 3.63) is 66.2 Å². The number of benzene rings is 2. The molecule has 0 radical (unpaired) electrons. The molecule has 1 atom stereocenters. The van der Waals surface area contributed by atoms with Gasteiger partial charge in [-0.3, -0.25) is 4.79 Å². The second kappa shape index (κ2) is 6.88. The third-order valence-corrected chi connectivity index (χ3v) is 5.01. The number of esters is 1. The van der Waals surface area contributed by atoms with Crippen LogP contribution in [0.1, 0.15) is 24.2 Å². The molecule has 4 heteroatoms. The van der Waals surface area contributed by atoms with Crippen molar-refractivity contribution in [2.24, 2.45) is 5.92 Å². The van der Waals surface area contributed by atoms with Crippen LogP contribution in [0.5, 0.6) is 5.75 Å². The molecule has 0 N–H and O–H groups in total. The van der Waals surface area contributed by atoms with E-state index in [-0.39, 0.29) is 11.7 Å². The van der Waals surface area contributed by atoms with Crippen molar-refractivity contribution in [3.8, 4) is 5.75 Å². The zero-order valence-corrected chi connectivity index (χ0v) is 14.0. The summed E-state index contributed by atoms with van der Waals surface area (Å²) in [4.78, 5) is 25.4. The van der Waals surface area contributed by atoms with Gasteiger partial charge < -0.3 is 4.74 Å². The monoisotopic (exact) mass is 360 g/mol. The minimum Gasteiger partial charge on any atom is -0.425 e. The van der Waals surface area contributed by atoms with Gasteiger partial charge in [-0.15, -0.1) is 0 Å². The third-order valence-electron chi connectivity index (χ3n) is 3.41. The zero-order valence-electron chi connectivity index (χ0n) is 12.5. The van der Waals surface area contributed by atoms with E-state index in [1.165, 1.54) is 0 Å². The average Bonchev–Trinajstić information content (AvgIpc) is 2.54. The number of Topliss-reactive ketones (excluding diaryl/α,β-unsaturated/α-hetero) is 1. The van der Waals surface area contributed by atoms with Gasteiger partial charge in [0.15, 0.2) is 10.1 Å². The van der Waals surface area contributed by atoms with E-state index in [9.17, 15) is 9.59 Å². The van der Waals surface area contributed by atoms with Crippen LogP contribution in [-0.2, 0) is 4.79 Å². The van der Waals surface area contributed by atoms with Crippen molar-refractivity contribution in [2.75, 3.05) is 0 Å². The second-order valence-electron chi connectivity index (χ2n) is 5.26. The molecule has 2 rings (SSSR count). The summed E-state index contributed by atoms with van der Waals surface area (Å²) in [6.45, 7) is 3.61. The van der Waals surface area contributed by atoms with Crippen molar-refractivity contribution >= 4 is 27.7 Å². The summed E-state index contributed by atoms with van der Waals surface area (Å²) < 4.78 is 3.96. The molecule has 0 aliphatic carbocycles. The Hall–Kier alpha value is -1.94. The van der Waals surface area contributed by atoms with Gasteiger partial charge in [-0.2, -0.15) is 0 Å². The molecule has 2 aromatic rings. The van der Waals surface area contributed by atoms with Gasteiger partial charge in [0.05, 0.1) is 0 Å².